The second-order valence-corrected chi connectivity index (χ2v) is 2.51. The lowest BCUT2D eigenvalue weighted by Gasteiger charge is -2.17. The maximum absolute atomic E-state index is 12.7. The van der Waals surface area contributed by atoms with E-state index in [4.69, 9.17) is 0 Å². The highest BCUT2D eigenvalue weighted by Gasteiger charge is 2.27. The third-order valence-corrected chi connectivity index (χ3v) is 1.72. The van der Waals surface area contributed by atoms with Crippen LogP contribution in [0.1, 0.15) is 5.56 Å². The molecule has 0 unspecified atom stereocenters. The molecule has 0 bridgehead atoms. The van der Waals surface area contributed by atoms with Gasteiger partial charge in [-0.05, 0) is 0 Å². The number of hydrogen-bond donors (Lipinski definition) is 1. The Kier molecular flexibility index (Phi) is 1.43. The highest BCUT2D eigenvalue weighted by Crippen LogP contribution is 2.23. The highest BCUT2D eigenvalue weighted by atomic mass is 19.1. The zero-order valence-corrected chi connectivity index (χ0v) is 6.17. The van der Waals surface area contributed by atoms with Gasteiger partial charge >= 0.3 is 0 Å². The lowest BCUT2D eigenvalue weighted by molar-refractivity contribution is -0.119. The molecule has 12 heavy (non-hydrogen) atoms. The smallest absolute Gasteiger partial charge is 0.286 e. The summed E-state index contributed by atoms with van der Waals surface area (Å²) in [6.45, 7) is 0. The van der Waals surface area contributed by atoms with Gasteiger partial charge in [-0.2, -0.15) is 4.39 Å². The molecule has 1 aliphatic heterocycles. The van der Waals surface area contributed by atoms with E-state index in [0.717, 1.165) is 0 Å². The summed E-state index contributed by atoms with van der Waals surface area (Å²) in [5.41, 5.74) is 0.996. The van der Waals surface area contributed by atoms with Crippen LogP contribution < -0.4 is 5.32 Å². The van der Waals surface area contributed by atoms with E-state index in [-0.39, 0.29) is 0 Å². The Morgan fingerprint density at radius 3 is 2.33 bits per heavy atom. The quantitative estimate of drug-likeness (QED) is 0.667. The molecule has 0 atom stereocenters. The molecule has 3 heteroatoms. The highest BCUT2D eigenvalue weighted by molar-refractivity contribution is 6.11. The van der Waals surface area contributed by atoms with E-state index in [1.54, 1.807) is 24.3 Å². The number of rotatable bonds is 1. The standard InChI is InChI=1S/C9H6FNO/c10-7-8(11-9(7)12)6-4-2-1-3-5-6/h1-5H,(H,11,12). The number of halogens is 1. The number of carbonyl (C=O) groups is 1. The van der Waals surface area contributed by atoms with Crippen molar-refractivity contribution in [1.82, 2.24) is 5.32 Å². The average Bonchev–Trinajstić information content (AvgIpc) is 2.15. The van der Waals surface area contributed by atoms with Crippen LogP contribution in [0.4, 0.5) is 4.39 Å². The van der Waals surface area contributed by atoms with Crippen LogP contribution in [0.2, 0.25) is 0 Å². The molecule has 0 spiro atoms. The van der Waals surface area contributed by atoms with E-state index in [1.165, 1.54) is 0 Å². The van der Waals surface area contributed by atoms with Crippen LogP contribution in [-0.2, 0) is 4.79 Å². The first kappa shape index (κ1) is 7.03. The van der Waals surface area contributed by atoms with Crippen molar-refractivity contribution < 1.29 is 9.18 Å². The SMILES string of the molecule is O=C1NC(c2ccccc2)=C1F. The van der Waals surface area contributed by atoms with Gasteiger partial charge in [-0.15, -0.1) is 0 Å². The van der Waals surface area contributed by atoms with Crippen LogP contribution in [0.3, 0.4) is 0 Å². The van der Waals surface area contributed by atoms with Gasteiger partial charge < -0.3 is 5.32 Å². The van der Waals surface area contributed by atoms with Crippen molar-refractivity contribution in [2.24, 2.45) is 0 Å². The van der Waals surface area contributed by atoms with Crippen LogP contribution in [-0.4, -0.2) is 5.91 Å². The Bertz CT molecular complexity index is 356. The Labute approximate surface area is 68.7 Å². The Balaban J connectivity index is 2.41. The molecule has 1 heterocycles. The molecule has 2 rings (SSSR count). The first-order chi connectivity index (χ1) is 5.79. The summed E-state index contributed by atoms with van der Waals surface area (Å²) >= 11 is 0. The second-order valence-electron chi connectivity index (χ2n) is 2.51. The van der Waals surface area contributed by atoms with E-state index < -0.39 is 11.7 Å². The Morgan fingerprint density at radius 1 is 1.17 bits per heavy atom. The van der Waals surface area contributed by atoms with Crippen LogP contribution in [0.15, 0.2) is 36.2 Å². The van der Waals surface area contributed by atoms with Crippen molar-refractivity contribution in [3.8, 4) is 0 Å². The predicted molar refractivity (Wildman–Crippen MR) is 42.6 cm³/mol. The van der Waals surface area contributed by atoms with Gasteiger partial charge in [0.15, 0.2) is 0 Å². The topological polar surface area (TPSA) is 29.1 Å². The van der Waals surface area contributed by atoms with Crippen molar-refractivity contribution in [3.63, 3.8) is 0 Å². The molecule has 0 fully saturated rings. The van der Waals surface area contributed by atoms with Gasteiger partial charge in [0.05, 0.1) is 5.70 Å². The van der Waals surface area contributed by atoms with Gasteiger partial charge in [0.25, 0.3) is 5.91 Å². The van der Waals surface area contributed by atoms with Gasteiger partial charge in [0.1, 0.15) is 0 Å². The minimum atomic E-state index is -0.679. The molecule has 1 aromatic rings. The Morgan fingerprint density at radius 2 is 1.83 bits per heavy atom. The first-order valence-electron chi connectivity index (χ1n) is 3.55. The van der Waals surface area contributed by atoms with Crippen molar-refractivity contribution in [1.29, 1.82) is 0 Å². The molecule has 1 aromatic carbocycles. The molecule has 60 valence electrons. The fraction of sp³-hybridized carbons (Fsp3) is 0. The molecule has 0 radical (unpaired) electrons. The molecule has 0 saturated carbocycles. The fourth-order valence-electron chi connectivity index (χ4n) is 1.08. The number of hydrogen-bond acceptors (Lipinski definition) is 1. The number of benzene rings is 1. The van der Waals surface area contributed by atoms with Crippen LogP contribution in [0, 0.1) is 0 Å². The van der Waals surface area contributed by atoms with Gasteiger partial charge in [-0.3, -0.25) is 4.79 Å². The number of carbonyl (C=O) groups excluding carboxylic acids is 1. The van der Waals surface area contributed by atoms with Gasteiger partial charge in [-0.25, -0.2) is 0 Å². The fourth-order valence-corrected chi connectivity index (χ4v) is 1.08. The van der Waals surface area contributed by atoms with Crippen molar-refractivity contribution >= 4 is 11.6 Å². The van der Waals surface area contributed by atoms with Crippen LogP contribution in [0.25, 0.3) is 5.70 Å². The number of nitrogens with one attached hydrogen (secondary N) is 1. The third-order valence-electron chi connectivity index (χ3n) is 1.72. The van der Waals surface area contributed by atoms with E-state index in [0.29, 0.717) is 11.3 Å². The van der Waals surface area contributed by atoms with E-state index >= 15 is 0 Å². The molecule has 0 saturated heterocycles. The number of amides is 1. The van der Waals surface area contributed by atoms with Crippen molar-refractivity contribution in [2.45, 2.75) is 0 Å². The summed E-state index contributed by atoms with van der Waals surface area (Å²) in [7, 11) is 0. The van der Waals surface area contributed by atoms with E-state index in [9.17, 15) is 9.18 Å². The summed E-state index contributed by atoms with van der Waals surface area (Å²) in [5.74, 6) is -1.31. The average molecular weight is 163 g/mol. The van der Waals surface area contributed by atoms with Gasteiger partial charge in [0.2, 0.25) is 5.83 Å². The zero-order valence-electron chi connectivity index (χ0n) is 6.17. The summed E-state index contributed by atoms with van der Waals surface area (Å²) in [5, 5.41) is 2.37. The van der Waals surface area contributed by atoms with Gasteiger partial charge in [0, 0.05) is 5.56 Å². The largest absolute Gasteiger partial charge is 0.317 e. The van der Waals surface area contributed by atoms with E-state index in [1.807, 2.05) is 6.07 Å². The predicted octanol–water partition coefficient (Wildman–Crippen LogP) is 1.45. The molecular formula is C9H6FNO. The van der Waals surface area contributed by atoms with Gasteiger partial charge in [-0.1, -0.05) is 30.3 Å². The lowest BCUT2D eigenvalue weighted by atomic mass is 10.1. The summed E-state index contributed by atoms with van der Waals surface area (Å²) in [6.07, 6.45) is 0. The molecule has 2 nitrogen and oxygen atoms in total. The second kappa shape index (κ2) is 2.44. The van der Waals surface area contributed by atoms with Crippen molar-refractivity contribution in [3.05, 3.63) is 41.7 Å². The monoisotopic (exact) mass is 163 g/mol. The maximum Gasteiger partial charge on any atom is 0.286 e. The Hall–Kier alpha value is -1.64. The third kappa shape index (κ3) is 0.906. The zero-order chi connectivity index (χ0) is 8.55. The normalized spacial score (nSPS) is 15.6. The van der Waals surface area contributed by atoms with Crippen LogP contribution in [0.5, 0.6) is 0 Å². The minimum absolute atomic E-state index is 0.292. The van der Waals surface area contributed by atoms with Crippen LogP contribution >= 0.6 is 0 Å². The molecule has 1 N–H and O–H groups in total. The first-order valence-corrected chi connectivity index (χ1v) is 3.55. The molecule has 0 aliphatic carbocycles. The molecule has 0 aromatic heterocycles. The summed E-state index contributed by atoms with van der Waals surface area (Å²) in [4.78, 5) is 10.5. The van der Waals surface area contributed by atoms with E-state index in [2.05, 4.69) is 5.32 Å². The summed E-state index contributed by atoms with van der Waals surface area (Å²) in [6, 6.07) is 8.91. The maximum atomic E-state index is 12.7. The summed E-state index contributed by atoms with van der Waals surface area (Å²) < 4.78 is 12.7. The molecule has 1 amide bonds. The lowest BCUT2D eigenvalue weighted by Crippen LogP contribution is -2.33. The molecular weight excluding hydrogens is 157 g/mol. The van der Waals surface area contributed by atoms with Crippen molar-refractivity contribution in [2.75, 3.05) is 0 Å². The minimum Gasteiger partial charge on any atom is -0.317 e. The molecule has 1 aliphatic rings.